The van der Waals surface area contributed by atoms with Crippen LogP contribution in [0.1, 0.15) is 72.9 Å². The Morgan fingerprint density at radius 3 is 1.23 bits per heavy atom. The summed E-state index contributed by atoms with van der Waals surface area (Å²) in [6, 6.07) is 25.9. The third-order valence-electron chi connectivity index (χ3n) is 13.4. The number of amides is 8. The van der Waals surface area contributed by atoms with Crippen LogP contribution in [0.5, 0.6) is 23.0 Å². The molecule has 8 heterocycles. The van der Waals surface area contributed by atoms with Crippen LogP contribution in [-0.2, 0) is 34.2 Å². The van der Waals surface area contributed by atoms with Gasteiger partial charge in [0.15, 0.2) is 11.5 Å². The first-order valence-electron chi connectivity index (χ1n) is 27.7. The van der Waals surface area contributed by atoms with Crippen LogP contribution < -0.4 is 30.6 Å². The molecule has 3 saturated heterocycles. The zero-order valence-corrected chi connectivity index (χ0v) is 58.5. The van der Waals surface area contributed by atoms with Gasteiger partial charge in [-0.15, -0.1) is 12.4 Å². The topological polar surface area (TPSA) is 309 Å². The number of phenolic OH excluding ortho intramolecular Hbond substituents is 1. The first-order valence-corrected chi connectivity index (χ1v) is 32.5. The summed E-state index contributed by atoms with van der Waals surface area (Å²) in [6.45, 7) is 4.44. The lowest BCUT2D eigenvalue weighted by Gasteiger charge is -2.12. The number of aromatic hydroxyl groups is 1. The van der Waals surface area contributed by atoms with E-state index in [9.17, 15) is 43.5 Å². The molecule has 23 nitrogen and oxygen atoms in total. The van der Waals surface area contributed by atoms with E-state index in [1.807, 2.05) is 38.1 Å². The fourth-order valence-corrected chi connectivity index (χ4v) is 12.5. The third-order valence-corrected chi connectivity index (χ3v) is 18.3. The number of aryl methyl sites for hydroxylation is 2. The zero-order valence-electron chi connectivity index (χ0n) is 50.5. The van der Waals surface area contributed by atoms with Gasteiger partial charge in [-0.25, -0.2) is 0 Å². The maximum Gasteiger partial charge on any atom is 0.293 e. The van der Waals surface area contributed by atoms with Crippen molar-refractivity contribution in [3.05, 3.63) is 225 Å². The van der Waals surface area contributed by atoms with Crippen LogP contribution in [0.25, 0.3) is 18.2 Å². The Kier molecular flexibility index (Phi) is 26.2. The molecule has 0 atom stereocenters. The van der Waals surface area contributed by atoms with Gasteiger partial charge in [0, 0.05) is 88.4 Å². The molecule has 11 rings (SSSR count). The fourth-order valence-electron chi connectivity index (χ4n) is 8.44. The van der Waals surface area contributed by atoms with Crippen molar-refractivity contribution in [2.24, 2.45) is 0 Å². The molecule has 0 aliphatic carbocycles. The lowest BCUT2D eigenvalue weighted by molar-refractivity contribution is -0.122. The van der Waals surface area contributed by atoms with Gasteiger partial charge < -0.3 is 35.7 Å². The standard InChI is InChI=1S/C24H19BrN4O4S.C23H17BrN4O5S.C18H16BrN3O3S.CH4.ClH/c1-14-7-18(25)16(10-21-23(31)29(2)24(32)34-21)9-20(14)33-13-15-8-17(12-26-11-15)28-22(30)19-5-3-4-6-27-19;1-28-22(31)20(34-23(28)32)8-14-7-19(18(29)9-16(14)24)33-12-13-6-15(11-25-10-13)27-21(30)17-4-2-3-5-26-17;1-10-3-14(19)12(6-16-17(23)22(2)18(24)26-16)5-15(10)25-9-11-4-13(20)8-21-7-11;;/h3-12H,13H2,1-2H3,(H,28,30);2-11,29H,12H2,1H3,(H,27,30);3-8H,9,20H2,1-2H3;1H4;1H/b21-10-;20-8-;16-6-;;. The van der Waals surface area contributed by atoms with Crippen LogP contribution >= 0.6 is 95.5 Å². The smallest absolute Gasteiger partial charge is 0.293 e. The highest BCUT2D eigenvalue weighted by atomic mass is 79.9. The average Bonchev–Trinajstić information content (AvgIpc) is 1.60. The number of phenols is 1. The van der Waals surface area contributed by atoms with Crippen LogP contribution in [0.3, 0.4) is 0 Å². The molecule has 0 bridgehead atoms. The van der Waals surface area contributed by atoms with Gasteiger partial charge in [-0.3, -0.25) is 78.0 Å². The van der Waals surface area contributed by atoms with Crippen molar-refractivity contribution in [3.63, 3.8) is 0 Å². The van der Waals surface area contributed by atoms with E-state index in [2.05, 4.69) is 83.3 Å². The molecule has 0 radical (unpaired) electrons. The second-order valence-corrected chi connectivity index (χ2v) is 25.9. The molecule has 3 fully saturated rings. The van der Waals surface area contributed by atoms with Crippen molar-refractivity contribution >= 4 is 176 Å². The minimum Gasteiger partial charge on any atom is -0.504 e. The van der Waals surface area contributed by atoms with Crippen molar-refractivity contribution in [2.75, 3.05) is 37.5 Å². The number of benzene rings is 3. The largest absolute Gasteiger partial charge is 0.504 e. The second kappa shape index (κ2) is 33.9. The number of likely N-dealkylation sites (N-methyl/N-ethyl adjacent to an activating group) is 3. The average molecular weight is 1570 g/mol. The fraction of sp³-hybridized carbons (Fsp3) is 0.136. The van der Waals surface area contributed by atoms with E-state index in [0.29, 0.717) is 71.8 Å². The molecule has 8 aromatic rings. The molecule has 5 aromatic heterocycles. The highest BCUT2D eigenvalue weighted by molar-refractivity contribution is 9.11. The number of nitrogens with two attached hydrogens (primary N) is 1. The van der Waals surface area contributed by atoms with E-state index in [1.165, 1.54) is 39.6 Å². The maximum absolute atomic E-state index is 12.3. The van der Waals surface area contributed by atoms with Crippen LogP contribution in [0.15, 0.2) is 169 Å². The van der Waals surface area contributed by atoms with Crippen molar-refractivity contribution in [1.29, 1.82) is 0 Å². The number of aromatic nitrogens is 5. The number of hydrogen-bond donors (Lipinski definition) is 4. The summed E-state index contributed by atoms with van der Waals surface area (Å²) < 4.78 is 19.8. The Balaban J connectivity index is 0.000000203. The Bertz CT molecular complexity index is 4240. The Labute approximate surface area is 595 Å². The van der Waals surface area contributed by atoms with Crippen molar-refractivity contribution in [2.45, 2.75) is 41.1 Å². The van der Waals surface area contributed by atoms with Gasteiger partial charge in [0.25, 0.3) is 45.3 Å². The molecule has 96 heavy (non-hydrogen) atoms. The van der Waals surface area contributed by atoms with Gasteiger partial charge in [0.2, 0.25) is 0 Å². The molecule has 3 aromatic carbocycles. The summed E-state index contributed by atoms with van der Waals surface area (Å²) in [6.07, 6.45) is 17.5. The predicted molar refractivity (Wildman–Crippen MR) is 383 cm³/mol. The monoisotopic (exact) mass is 1560 g/mol. The minimum absolute atomic E-state index is 0. The molecule has 8 amide bonds. The minimum atomic E-state index is -0.395. The van der Waals surface area contributed by atoms with Gasteiger partial charge in [0.1, 0.15) is 42.7 Å². The number of imide groups is 3. The number of pyridine rings is 5. The summed E-state index contributed by atoms with van der Waals surface area (Å²) in [4.78, 5) is 121. The van der Waals surface area contributed by atoms with Crippen molar-refractivity contribution in [1.82, 2.24) is 39.6 Å². The van der Waals surface area contributed by atoms with Crippen LogP contribution in [0.2, 0.25) is 0 Å². The number of ether oxygens (including phenoxy) is 3. The van der Waals surface area contributed by atoms with E-state index in [1.54, 1.807) is 116 Å². The molecule has 0 spiro atoms. The Hall–Kier alpha value is -9.23. The number of nitrogen functional groups attached to an aromatic ring is 1. The summed E-state index contributed by atoms with van der Waals surface area (Å²) in [7, 11) is 4.34. The summed E-state index contributed by atoms with van der Waals surface area (Å²) in [5.74, 6) is -0.369. The van der Waals surface area contributed by atoms with Gasteiger partial charge >= 0.3 is 0 Å². The third kappa shape index (κ3) is 19.3. The van der Waals surface area contributed by atoms with E-state index in [0.717, 1.165) is 86.7 Å². The molecule has 494 valence electrons. The van der Waals surface area contributed by atoms with E-state index in [4.69, 9.17) is 19.9 Å². The molecule has 0 saturated carbocycles. The molecular weight excluding hydrogens is 1510 g/mol. The van der Waals surface area contributed by atoms with E-state index >= 15 is 0 Å². The SMILES string of the molecule is C.CN1C(=O)S/C(=C\c2cc(OCc3cncc(NC(=O)c4ccccn4)c3)c(O)cc2Br)C1=O.Cc1cc(Br)c(/C=C2\SC(=O)N(C)C2=O)cc1OCc1cncc(N)c1.Cc1cc(Br)c(/C=C2\SC(=O)N(C)C2=O)cc1OCc1cncc(NC(=O)c2ccccn2)c1.Cl. The summed E-state index contributed by atoms with van der Waals surface area (Å²) in [5, 5.41) is 14.9. The number of halogens is 4. The number of nitrogens with zero attached hydrogens (tertiary/aromatic N) is 8. The first kappa shape index (κ1) is 74.2. The number of carbonyl (C=O) groups is 8. The lowest BCUT2D eigenvalue weighted by atomic mass is 10.1. The van der Waals surface area contributed by atoms with E-state index in [-0.39, 0.29) is 94.5 Å². The second-order valence-electron chi connectivity index (χ2n) is 20.3. The highest BCUT2D eigenvalue weighted by Gasteiger charge is 2.34. The quantitative estimate of drug-likeness (QED) is 0.0653. The number of nitrogens with one attached hydrogen (secondary N) is 2. The Morgan fingerprint density at radius 2 is 0.875 bits per heavy atom. The molecule has 30 heteroatoms. The van der Waals surface area contributed by atoms with Crippen LogP contribution in [0.4, 0.5) is 31.4 Å². The van der Waals surface area contributed by atoms with Gasteiger partial charge in [-0.2, -0.15) is 0 Å². The van der Waals surface area contributed by atoms with Gasteiger partial charge in [0.05, 0.1) is 44.2 Å². The molecule has 3 aliphatic heterocycles. The van der Waals surface area contributed by atoms with Gasteiger partial charge in [-0.05, 0) is 174 Å². The maximum atomic E-state index is 12.3. The number of carbonyl (C=O) groups excluding carboxylic acids is 8. The molecular formula is C66H57Br3ClN11O12S3. The van der Waals surface area contributed by atoms with Crippen molar-refractivity contribution < 1.29 is 57.7 Å². The molecule has 5 N–H and O–H groups in total. The van der Waals surface area contributed by atoms with Crippen LogP contribution in [-0.4, -0.2) is 111 Å². The van der Waals surface area contributed by atoms with Crippen molar-refractivity contribution in [3.8, 4) is 23.0 Å². The number of hydrogen-bond acceptors (Lipinski definition) is 21. The Morgan fingerprint density at radius 1 is 0.521 bits per heavy atom. The first-order chi connectivity index (χ1) is 45.0. The van der Waals surface area contributed by atoms with Gasteiger partial charge in [-0.1, -0.05) is 67.3 Å². The summed E-state index contributed by atoms with van der Waals surface area (Å²) >= 11 is 13.0. The number of thioether (sulfide) groups is 3. The number of rotatable bonds is 16. The van der Waals surface area contributed by atoms with Crippen LogP contribution in [0, 0.1) is 13.8 Å². The highest BCUT2D eigenvalue weighted by Crippen LogP contribution is 2.40. The lowest BCUT2D eigenvalue weighted by Crippen LogP contribution is -2.22. The molecule has 0 unspecified atom stereocenters. The predicted octanol–water partition coefficient (Wildman–Crippen LogP) is 14.5. The normalized spacial score (nSPS) is 14.6. The molecule has 3 aliphatic rings. The number of anilines is 3. The van der Waals surface area contributed by atoms with E-state index < -0.39 is 5.91 Å². The zero-order chi connectivity index (χ0) is 67.3. The summed E-state index contributed by atoms with van der Waals surface area (Å²) in [5.41, 5.74) is 14.0.